The Bertz CT molecular complexity index is 1380. The number of carbonyl (C=O) groups is 2. The van der Waals surface area contributed by atoms with E-state index in [1.807, 2.05) is 0 Å². The molecule has 0 heterocycles. The first-order valence-corrected chi connectivity index (χ1v) is 11.3. The molecule has 0 saturated carbocycles. The summed E-state index contributed by atoms with van der Waals surface area (Å²) >= 11 is 0. The van der Waals surface area contributed by atoms with Crippen LogP contribution in [-0.2, 0) is 9.53 Å². The van der Waals surface area contributed by atoms with Gasteiger partial charge in [-0.3, -0.25) is 0 Å². The molecular weight excluding hydrogens is 524 g/mol. The highest BCUT2D eigenvalue weighted by atomic mass is 19.3. The molecule has 0 bridgehead atoms. The third-order valence-corrected chi connectivity index (χ3v) is 5.16. The maximum Gasteiger partial charge on any atom is 0.461 e. The lowest BCUT2D eigenvalue weighted by Crippen LogP contribution is -2.33. The second-order valence-corrected chi connectivity index (χ2v) is 7.91. The first kappa shape index (κ1) is 28.8. The molecule has 206 valence electrons. The number of benzene rings is 3. The Morgan fingerprint density at radius 3 is 2.26 bits per heavy atom. The summed E-state index contributed by atoms with van der Waals surface area (Å²) in [6, 6.07) is 13.1. The summed E-state index contributed by atoms with van der Waals surface area (Å²) in [6.45, 7) is 1.79. The van der Waals surface area contributed by atoms with Gasteiger partial charge in [-0.05, 0) is 73.2 Å². The van der Waals surface area contributed by atoms with Gasteiger partial charge < -0.3 is 30.4 Å². The zero-order chi connectivity index (χ0) is 28.7. The fourth-order valence-corrected chi connectivity index (χ4v) is 3.33. The molecule has 0 unspecified atom stereocenters. The number of methoxy groups -OCH3 is 1. The molecule has 0 aliphatic carbocycles. The standard InChI is InChI=1S/C27H24F4N2O6/c1-3-37-25(35)20(19-10-7-17(32)14-21(19)33)12-15-4-11-22(23(13-15)36-2)38-24(34)16-5-8-18(9-6-16)39-27(30,31)26(28)29/h4-14,26H,3,32-33H2,1-2H3. The van der Waals surface area contributed by atoms with E-state index in [0.29, 0.717) is 16.8 Å². The van der Waals surface area contributed by atoms with E-state index in [9.17, 15) is 27.2 Å². The minimum absolute atomic E-state index is 0.00823. The number of ether oxygens (including phenoxy) is 4. The largest absolute Gasteiger partial charge is 0.493 e. The van der Waals surface area contributed by atoms with Gasteiger partial charge in [-0.25, -0.2) is 9.59 Å². The van der Waals surface area contributed by atoms with E-state index in [0.717, 1.165) is 24.3 Å². The molecule has 39 heavy (non-hydrogen) atoms. The van der Waals surface area contributed by atoms with Crippen LogP contribution in [0.4, 0.5) is 28.9 Å². The highest BCUT2D eigenvalue weighted by Gasteiger charge is 2.44. The molecule has 0 atom stereocenters. The number of hydrogen-bond acceptors (Lipinski definition) is 8. The topological polar surface area (TPSA) is 123 Å². The number of hydrogen-bond donors (Lipinski definition) is 2. The molecule has 0 saturated heterocycles. The first-order valence-electron chi connectivity index (χ1n) is 11.3. The van der Waals surface area contributed by atoms with Gasteiger partial charge in [-0.1, -0.05) is 6.07 Å². The van der Waals surface area contributed by atoms with Crippen molar-refractivity contribution in [1.82, 2.24) is 0 Å². The fourth-order valence-electron chi connectivity index (χ4n) is 3.33. The maximum atomic E-state index is 13.1. The molecule has 0 amide bonds. The van der Waals surface area contributed by atoms with Crippen molar-refractivity contribution in [3.8, 4) is 17.2 Å². The Balaban J connectivity index is 1.85. The van der Waals surface area contributed by atoms with Gasteiger partial charge in [0.1, 0.15) is 5.75 Å². The van der Waals surface area contributed by atoms with Crippen molar-refractivity contribution < 1.29 is 46.1 Å². The predicted molar refractivity (Wildman–Crippen MR) is 136 cm³/mol. The Morgan fingerprint density at radius 1 is 0.974 bits per heavy atom. The molecule has 0 spiro atoms. The molecule has 3 aromatic rings. The average molecular weight is 548 g/mol. The smallest absolute Gasteiger partial charge is 0.461 e. The average Bonchev–Trinajstić information content (AvgIpc) is 2.88. The Hall–Kier alpha value is -4.74. The lowest BCUT2D eigenvalue weighted by molar-refractivity contribution is -0.253. The van der Waals surface area contributed by atoms with E-state index >= 15 is 0 Å². The molecule has 4 N–H and O–H groups in total. The van der Waals surface area contributed by atoms with Crippen molar-refractivity contribution in [3.63, 3.8) is 0 Å². The SMILES string of the molecule is CCOC(=O)C(=Cc1ccc(OC(=O)c2ccc(OC(F)(F)C(F)F)cc2)c(OC)c1)c1ccc(N)cc1N. The van der Waals surface area contributed by atoms with Crippen LogP contribution in [0.1, 0.15) is 28.4 Å². The van der Waals surface area contributed by atoms with Crippen molar-refractivity contribution in [1.29, 1.82) is 0 Å². The van der Waals surface area contributed by atoms with Crippen molar-refractivity contribution in [2.45, 2.75) is 19.5 Å². The third kappa shape index (κ3) is 7.18. The molecule has 0 aliphatic rings. The number of rotatable bonds is 10. The van der Waals surface area contributed by atoms with Crippen LogP contribution in [0.15, 0.2) is 60.7 Å². The maximum absolute atomic E-state index is 13.1. The van der Waals surface area contributed by atoms with Crippen LogP contribution in [0, 0.1) is 0 Å². The van der Waals surface area contributed by atoms with Gasteiger partial charge >= 0.3 is 24.5 Å². The van der Waals surface area contributed by atoms with Gasteiger partial charge in [-0.2, -0.15) is 17.6 Å². The fraction of sp³-hybridized carbons (Fsp3) is 0.185. The van der Waals surface area contributed by atoms with E-state index in [1.165, 1.54) is 31.4 Å². The minimum atomic E-state index is -4.68. The van der Waals surface area contributed by atoms with Gasteiger partial charge in [0, 0.05) is 16.9 Å². The normalized spacial score (nSPS) is 11.7. The summed E-state index contributed by atoms with van der Waals surface area (Å²) in [4.78, 5) is 25.3. The van der Waals surface area contributed by atoms with Crippen molar-refractivity contribution in [2.24, 2.45) is 0 Å². The van der Waals surface area contributed by atoms with Crippen molar-refractivity contribution >= 4 is 35.0 Å². The minimum Gasteiger partial charge on any atom is -0.493 e. The third-order valence-electron chi connectivity index (χ3n) is 5.16. The van der Waals surface area contributed by atoms with E-state index in [-0.39, 0.29) is 34.9 Å². The second kappa shape index (κ2) is 12.2. The van der Waals surface area contributed by atoms with Crippen LogP contribution < -0.4 is 25.7 Å². The second-order valence-electron chi connectivity index (χ2n) is 7.91. The molecule has 0 aliphatic heterocycles. The van der Waals surface area contributed by atoms with Crippen LogP contribution >= 0.6 is 0 Å². The number of halogens is 4. The number of nitrogen functional groups attached to an aromatic ring is 2. The van der Waals surface area contributed by atoms with E-state index in [4.69, 9.17) is 25.7 Å². The molecule has 0 fully saturated rings. The molecule has 3 rings (SSSR count). The van der Waals surface area contributed by atoms with Crippen LogP contribution in [0.5, 0.6) is 17.2 Å². The zero-order valence-electron chi connectivity index (χ0n) is 20.8. The zero-order valence-corrected chi connectivity index (χ0v) is 20.8. The van der Waals surface area contributed by atoms with E-state index < -0.39 is 30.2 Å². The van der Waals surface area contributed by atoms with Crippen molar-refractivity contribution in [3.05, 3.63) is 77.4 Å². The number of nitrogens with two attached hydrogens (primary N) is 2. The summed E-state index contributed by atoms with van der Waals surface area (Å²) in [5.74, 6) is -1.94. The molecular formula is C27H24F4N2O6. The van der Waals surface area contributed by atoms with Crippen LogP contribution in [0.2, 0.25) is 0 Å². The lowest BCUT2D eigenvalue weighted by Gasteiger charge is -2.16. The van der Waals surface area contributed by atoms with Gasteiger partial charge in [-0.15, -0.1) is 0 Å². The summed E-state index contributed by atoms with van der Waals surface area (Å²) in [7, 11) is 1.33. The van der Waals surface area contributed by atoms with Crippen LogP contribution in [0.3, 0.4) is 0 Å². The highest BCUT2D eigenvalue weighted by Crippen LogP contribution is 2.33. The molecule has 12 heteroatoms. The molecule has 3 aromatic carbocycles. The van der Waals surface area contributed by atoms with Crippen molar-refractivity contribution in [2.75, 3.05) is 25.2 Å². The predicted octanol–water partition coefficient (Wildman–Crippen LogP) is 5.42. The number of alkyl halides is 4. The van der Waals surface area contributed by atoms with E-state index in [1.54, 1.807) is 25.1 Å². The molecule has 0 aromatic heterocycles. The van der Waals surface area contributed by atoms with Gasteiger partial charge in [0.05, 0.1) is 24.9 Å². The summed E-state index contributed by atoms with van der Waals surface area (Å²) in [6.07, 6.45) is -7.19. The van der Waals surface area contributed by atoms with Gasteiger partial charge in [0.25, 0.3) is 0 Å². The molecule has 8 nitrogen and oxygen atoms in total. The summed E-state index contributed by atoms with van der Waals surface area (Å²) in [5.41, 5.74) is 13.5. The quantitative estimate of drug-likeness (QED) is 0.0860. The monoisotopic (exact) mass is 548 g/mol. The Morgan fingerprint density at radius 2 is 1.67 bits per heavy atom. The van der Waals surface area contributed by atoms with Gasteiger partial charge in [0.2, 0.25) is 0 Å². The van der Waals surface area contributed by atoms with E-state index in [2.05, 4.69) is 4.74 Å². The Labute approximate surface area is 220 Å². The van der Waals surface area contributed by atoms with Gasteiger partial charge in [0.15, 0.2) is 11.5 Å². The van der Waals surface area contributed by atoms with Crippen LogP contribution in [0.25, 0.3) is 11.6 Å². The number of carbonyl (C=O) groups excluding carboxylic acids is 2. The highest BCUT2D eigenvalue weighted by molar-refractivity contribution is 6.23. The number of anilines is 2. The van der Waals surface area contributed by atoms with Crippen LogP contribution in [-0.4, -0.2) is 38.2 Å². The lowest BCUT2D eigenvalue weighted by atomic mass is 10.0. The summed E-state index contributed by atoms with van der Waals surface area (Å²) in [5, 5.41) is 0. The number of esters is 2. The molecule has 0 radical (unpaired) electrons. The Kier molecular flexibility index (Phi) is 9.02. The first-order chi connectivity index (χ1) is 18.4. The summed E-state index contributed by atoms with van der Waals surface area (Å²) < 4.78 is 70.6.